The molecular formula is C17H28N2O2. The molecule has 0 saturated carbocycles. The number of benzene rings is 1. The van der Waals surface area contributed by atoms with Crippen molar-refractivity contribution < 1.29 is 9.53 Å². The van der Waals surface area contributed by atoms with Crippen LogP contribution in [-0.2, 0) is 5.41 Å². The molecule has 0 bridgehead atoms. The molecule has 1 rings (SSSR count). The summed E-state index contributed by atoms with van der Waals surface area (Å²) < 4.78 is 5.73. The molecule has 0 aromatic heterocycles. The lowest BCUT2D eigenvalue weighted by molar-refractivity contribution is 0.215. The van der Waals surface area contributed by atoms with Gasteiger partial charge in [-0.25, -0.2) is 4.79 Å². The van der Waals surface area contributed by atoms with Gasteiger partial charge in [-0.3, -0.25) is 0 Å². The zero-order chi connectivity index (χ0) is 16.3. The number of hydrogen-bond acceptors (Lipinski definition) is 2. The van der Waals surface area contributed by atoms with Gasteiger partial charge < -0.3 is 15.4 Å². The van der Waals surface area contributed by atoms with Crippen LogP contribution in [-0.4, -0.2) is 18.3 Å². The van der Waals surface area contributed by atoms with Gasteiger partial charge in [0.05, 0.1) is 0 Å². The summed E-state index contributed by atoms with van der Waals surface area (Å²) >= 11 is 0. The second-order valence-corrected chi connectivity index (χ2v) is 7.42. The molecule has 4 nitrogen and oxygen atoms in total. The standard InChI is InChI=1S/C17H28N2O2/c1-12-8-9-14(13(10-12)16(2,3)4)21-11-18-15(20)19-17(5,6)7/h8-10H,11H2,1-7H3,(H2,18,19,20). The summed E-state index contributed by atoms with van der Waals surface area (Å²) in [6.07, 6.45) is 0. The fraction of sp³-hybridized carbons (Fsp3) is 0.588. The molecule has 0 fully saturated rings. The highest BCUT2D eigenvalue weighted by atomic mass is 16.5. The van der Waals surface area contributed by atoms with Gasteiger partial charge in [-0.05, 0) is 44.7 Å². The normalized spacial score (nSPS) is 12.0. The Balaban J connectivity index is 2.66. The van der Waals surface area contributed by atoms with Gasteiger partial charge in [0.1, 0.15) is 5.75 Å². The molecule has 118 valence electrons. The summed E-state index contributed by atoms with van der Waals surface area (Å²) in [7, 11) is 0. The number of hydrogen-bond donors (Lipinski definition) is 2. The van der Waals surface area contributed by atoms with Crippen LogP contribution >= 0.6 is 0 Å². The second-order valence-electron chi connectivity index (χ2n) is 7.42. The van der Waals surface area contributed by atoms with Gasteiger partial charge in [0.25, 0.3) is 0 Å². The summed E-state index contributed by atoms with van der Waals surface area (Å²) in [6.45, 7) is 14.5. The topological polar surface area (TPSA) is 50.4 Å². The van der Waals surface area contributed by atoms with Crippen LogP contribution in [0.4, 0.5) is 4.79 Å². The molecular weight excluding hydrogens is 264 g/mol. The summed E-state index contributed by atoms with van der Waals surface area (Å²) in [5.41, 5.74) is 2.07. The lowest BCUT2D eigenvalue weighted by Gasteiger charge is -2.24. The number of rotatable bonds is 3. The average molecular weight is 292 g/mol. The summed E-state index contributed by atoms with van der Waals surface area (Å²) in [5.74, 6) is 0.809. The number of urea groups is 1. The van der Waals surface area contributed by atoms with Crippen LogP contribution < -0.4 is 15.4 Å². The molecule has 2 amide bonds. The smallest absolute Gasteiger partial charge is 0.317 e. The zero-order valence-electron chi connectivity index (χ0n) is 14.3. The molecule has 0 radical (unpaired) electrons. The maximum Gasteiger partial charge on any atom is 0.317 e. The third kappa shape index (κ3) is 6.06. The van der Waals surface area contributed by atoms with Gasteiger partial charge in [-0.1, -0.05) is 38.5 Å². The van der Waals surface area contributed by atoms with E-state index >= 15 is 0 Å². The highest BCUT2D eigenvalue weighted by Crippen LogP contribution is 2.31. The Labute approximate surface area is 128 Å². The average Bonchev–Trinajstić information content (AvgIpc) is 2.27. The van der Waals surface area contributed by atoms with Crippen LogP contribution in [0, 0.1) is 6.92 Å². The quantitative estimate of drug-likeness (QED) is 0.834. The van der Waals surface area contributed by atoms with E-state index in [1.807, 2.05) is 32.9 Å². The zero-order valence-corrected chi connectivity index (χ0v) is 14.3. The Hall–Kier alpha value is -1.71. The van der Waals surface area contributed by atoms with Crippen molar-refractivity contribution in [2.45, 2.75) is 59.4 Å². The van der Waals surface area contributed by atoms with E-state index in [0.29, 0.717) is 0 Å². The van der Waals surface area contributed by atoms with Gasteiger partial charge in [0.15, 0.2) is 6.73 Å². The van der Waals surface area contributed by atoms with Crippen LogP contribution in [0.1, 0.15) is 52.7 Å². The Morgan fingerprint density at radius 2 is 1.76 bits per heavy atom. The second kappa shape index (κ2) is 6.37. The fourth-order valence-corrected chi connectivity index (χ4v) is 1.92. The molecule has 1 aromatic rings. The summed E-state index contributed by atoms with van der Waals surface area (Å²) in [6, 6.07) is 5.87. The van der Waals surface area contributed by atoms with Crippen LogP contribution in [0.2, 0.25) is 0 Å². The van der Waals surface area contributed by atoms with Crippen molar-refractivity contribution in [3.63, 3.8) is 0 Å². The van der Waals surface area contributed by atoms with E-state index < -0.39 is 0 Å². The highest BCUT2D eigenvalue weighted by molar-refractivity contribution is 5.74. The Bertz CT molecular complexity index is 496. The lowest BCUT2D eigenvalue weighted by atomic mass is 9.85. The first-order chi connectivity index (χ1) is 9.49. The first kappa shape index (κ1) is 17.3. The number of nitrogens with one attached hydrogen (secondary N) is 2. The Morgan fingerprint density at radius 3 is 2.29 bits per heavy atom. The number of amides is 2. The molecule has 0 aliphatic heterocycles. The molecule has 0 heterocycles. The molecule has 0 spiro atoms. The van der Waals surface area contributed by atoms with E-state index in [1.165, 1.54) is 5.56 Å². The summed E-state index contributed by atoms with van der Waals surface area (Å²) in [5, 5.41) is 5.54. The lowest BCUT2D eigenvalue weighted by Crippen LogP contribution is -2.47. The highest BCUT2D eigenvalue weighted by Gasteiger charge is 2.19. The molecule has 0 atom stereocenters. The molecule has 4 heteroatoms. The minimum absolute atomic E-state index is 0.00494. The van der Waals surface area contributed by atoms with Gasteiger partial charge in [-0.15, -0.1) is 0 Å². The minimum atomic E-state index is -0.259. The monoisotopic (exact) mass is 292 g/mol. The van der Waals surface area contributed by atoms with Crippen molar-refractivity contribution in [2.75, 3.05) is 6.73 Å². The predicted molar refractivity (Wildman–Crippen MR) is 86.8 cm³/mol. The summed E-state index contributed by atoms with van der Waals surface area (Å²) in [4.78, 5) is 11.7. The molecule has 1 aromatic carbocycles. The fourth-order valence-electron chi connectivity index (χ4n) is 1.92. The molecule has 0 unspecified atom stereocenters. The Morgan fingerprint density at radius 1 is 1.14 bits per heavy atom. The third-order valence-corrected chi connectivity index (χ3v) is 2.89. The van der Waals surface area contributed by atoms with E-state index in [1.54, 1.807) is 0 Å². The maximum atomic E-state index is 11.7. The first-order valence-corrected chi connectivity index (χ1v) is 7.29. The number of carbonyl (C=O) groups is 1. The third-order valence-electron chi connectivity index (χ3n) is 2.89. The molecule has 0 aliphatic rings. The number of aryl methyl sites for hydroxylation is 1. The van der Waals surface area contributed by atoms with E-state index in [0.717, 1.165) is 11.3 Å². The van der Waals surface area contributed by atoms with Crippen molar-refractivity contribution in [3.05, 3.63) is 29.3 Å². The molecule has 0 aliphatic carbocycles. The van der Waals surface area contributed by atoms with Gasteiger partial charge in [0, 0.05) is 5.54 Å². The maximum absolute atomic E-state index is 11.7. The van der Waals surface area contributed by atoms with Crippen molar-refractivity contribution in [2.24, 2.45) is 0 Å². The Kier molecular flexibility index (Phi) is 5.26. The minimum Gasteiger partial charge on any atom is -0.473 e. The van der Waals surface area contributed by atoms with E-state index in [2.05, 4.69) is 44.4 Å². The van der Waals surface area contributed by atoms with Crippen molar-refractivity contribution in [1.29, 1.82) is 0 Å². The van der Waals surface area contributed by atoms with Crippen molar-refractivity contribution in [1.82, 2.24) is 10.6 Å². The van der Waals surface area contributed by atoms with Crippen molar-refractivity contribution in [3.8, 4) is 5.75 Å². The van der Waals surface area contributed by atoms with Crippen LogP contribution in [0.15, 0.2) is 18.2 Å². The number of carbonyl (C=O) groups excluding carboxylic acids is 1. The largest absolute Gasteiger partial charge is 0.473 e. The van der Waals surface area contributed by atoms with E-state index in [-0.39, 0.29) is 23.7 Å². The van der Waals surface area contributed by atoms with E-state index in [9.17, 15) is 4.79 Å². The van der Waals surface area contributed by atoms with Gasteiger partial charge >= 0.3 is 6.03 Å². The van der Waals surface area contributed by atoms with Crippen LogP contribution in [0.3, 0.4) is 0 Å². The van der Waals surface area contributed by atoms with Gasteiger partial charge in [0.2, 0.25) is 0 Å². The predicted octanol–water partition coefficient (Wildman–Crippen LogP) is 3.73. The molecule has 0 saturated heterocycles. The first-order valence-electron chi connectivity index (χ1n) is 7.29. The van der Waals surface area contributed by atoms with Crippen LogP contribution in [0.25, 0.3) is 0 Å². The van der Waals surface area contributed by atoms with Crippen molar-refractivity contribution >= 4 is 6.03 Å². The van der Waals surface area contributed by atoms with E-state index in [4.69, 9.17) is 4.74 Å². The van der Waals surface area contributed by atoms with Crippen LogP contribution in [0.5, 0.6) is 5.75 Å². The molecule has 21 heavy (non-hydrogen) atoms. The van der Waals surface area contributed by atoms with Gasteiger partial charge in [-0.2, -0.15) is 0 Å². The number of ether oxygens (including phenoxy) is 1. The SMILES string of the molecule is Cc1ccc(OCNC(=O)NC(C)(C)C)c(C(C)(C)C)c1. The molecule has 2 N–H and O–H groups in total.